The topological polar surface area (TPSA) is 50.4 Å². The van der Waals surface area contributed by atoms with E-state index in [1.807, 2.05) is 49.4 Å². The molecule has 0 radical (unpaired) electrons. The number of carbonyl (C=O) groups excluding carboxylic acids is 1. The minimum absolute atomic E-state index is 0.000497. The van der Waals surface area contributed by atoms with Gasteiger partial charge in [0.1, 0.15) is 5.75 Å². The highest BCUT2D eigenvalue weighted by molar-refractivity contribution is 9.11. The third kappa shape index (κ3) is 5.89. The first-order chi connectivity index (χ1) is 11.5. The van der Waals surface area contributed by atoms with Crippen LogP contribution in [0.3, 0.4) is 0 Å². The van der Waals surface area contributed by atoms with E-state index in [9.17, 15) is 4.79 Å². The molecule has 0 aliphatic heterocycles. The van der Waals surface area contributed by atoms with E-state index in [4.69, 9.17) is 17.0 Å². The van der Waals surface area contributed by atoms with Crippen molar-refractivity contribution < 1.29 is 9.53 Å². The predicted octanol–water partition coefficient (Wildman–Crippen LogP) is 4.34. The first kappa shape index (κ1) is 18.9. The Morgan fingerprint density at radius 1 is 1.21 bits per heavy atom. The number of hydrogen-bond acceptors (Lipinski definition) is 3. The molecule has 2 N–H and O–H groups in total. The lowest BCUT2D eigenvalue weighted by molar-refractivity contribution is -0.121. The zero-order valence-electron chi connectivity index (χ0n) is 12.9. The molecule has 2 aromatic rings. The standard InChI is InChI=1S/C17H16Br2N2O2S/c1-11(12-5-3-2-4-6-12)20-17(24)21-16(22)10-23-15-8-7-13(18)9-14(15)19/h2-9,11H,10H2,1H3,(H2,20,21,22,24). The number of nitrogens with one attached hydrogen (secondary N) is 2. The number of halogens is 2. The molecule has 0 fully saturated rings. The molecule has 0 heterocycles. The summed E-state index contributed by atoms with van der Waals surface area (Å²) in [4.78, 5) is 11.9. The Labute approximate surface area is 163 Å². The maximum absolute atomic E-state index is 11.9. The predicted molar refractivity (Wildman–Crippen MR) is 106 cm³/mol. The van der Waals surface area contributed by atoms with E-state index < -0.39 is 0 Å². The number of rotatable bonds is 5. The minimum atomic E-state index is -0.317. The molecule has 2 aromatic carbocycles. The number of thiocarbonyl (C=S) groups is 1. The highest BCUT2D eigenvalue weighted by Crippen LogP contribution is 2.28. The van der Waals surface area contributed by atoms with E-state index in [0.717, 1.165) is 14.5 Å². The van der Waals surface area contributed by atoms with Crippen LogP contribution in [0, 0.1) is 0 Å². The smallest absolute Gasteiger partial charge is 0.264 e. The van der Waals surface area contributed by atoms with Gasteiger partial charge in [-0.1, -0.05) is 46.3 Å². The molecule has 2 rings (SSSR count). The van der Waals surface area contributed by atoms with Crippen molar-refractivity contribution in [1.29, 1.82) is 0 Å². The van der Waals surface area contributed by atoms with Crippen LogP contribution in [0.5, 0.6) is 5.75 Å². The maximum Gasteiger partial charge on any atom is 0.264 e. The largest absolute Gasteiger partial charge is 0.483 e. The number of ether oxygens (including phenoxy) is 1. The molecule has 1 atom stereocenters. The first-order valence-electron chi connectivity index (χ1n) is 7.19. The molecule has 0 aromatic heterocycles. The van der Waals surface area contributed by atoms with Gasteiger partial charge in [0.05, 0.1) is 10.5 Å². The van der Waals surface area contributed by atoms with Crippen molar-refractivity contribution in [2.45, 2.75) is 13.0 Å². The molecule has 0 spiro atoms. The zero-order chi connectivity index (χ0) is 17.5. The average molecular weight is 472 g/mol. The fourth-order valence-corrected chi connectivity index (χ4v) is 3.41. The van der Waals surface area contributed by atoms with Gasteiger partial charge < -0.3 is 15.4 Å². The van der Waals surface area contributed by atoms with E-state index in [1.54, 1.807) is 6.07 Å². The second-order valence-corrected chi connectivity index (χ2v) is 7.20. The fourth-order valence-electron chi connectivity index (χ4n) is 1.96. The van der Waals surface area contributed by atoms with Gasteiger partial charge in [0.2, 0.25) is 0 Å². The molecule has 7 heteroatoms. The third-order valence-electron chi connectivity index (χ3n) is 3.15. The van der Waals surface area contributed by atoms with Crippen molar-refractivity contribution in [2.24, 2.45) is 0 Å². The van der Waals surface area contributed by atoms with Gasteiger partial charge in [0, 0.05) is 4.47 Å². The quantitative estimate of drug-likeness (QED) is 0.636. The molecule has 0 saturated carbocycles. The van der Waals surface area contributed by atoms with Gasteiger partial charge >= 0.3 is 0 Å². The van der Waals surface area contributed by atoms with Gasteiger partial charge in [0.15, 0.2) is 11.7 Å². The summed E-state index contributed by atoms with van der Waals surface area (Å²) in [6.45, 7) is 1.85. The van der Waals surface area contributed by atoms with E-state index in [1.165, 1.54) is 0 Å². The van der Waals surface area contributed by atoms with Crippen LogP contribution in [-0.4, -0.2) is 17.6 Å². The molecule has 0 bridgehead atoms. The van der Waals surface area contributed by atoms with Crippen molar-refractivity contribution in [3.63, 3.8) is 0 Å². The van der Waals surface area contributed by atoms with Crippen molar-refractivity contribution in [3.05, 3.63) is 63.0 Å². The summed E-state index contributed by atoms with van der Waals surface area (Å²) in [6, 6.07) is 15.3. The Morgan fingerprint density at radius 3 is 2.58 bits per heavy atom. The molecular formula is C17H16Br2N2O2S. The van der Waals surface area contributed by atoms with Crippen LogP contribution in [0.2, 0.25) is 0 Å². The molecule has 4 nitrogen and oxygen atoms in total. The lowest BCUT2D eigenvalue weighted by Gasteiger charge is -2.17. The number of amides is 1. The van der Waals surface area contributed by atoms with E-state index in [0.29, 0.717) is 5.75 Å². The average Bonchev–Trinajstić information content (AvgIpc) is 2.54. The SMILES string of the molecule is CC(NC(=S)NC(=O)COc1ccc(Br)cc1Br)c1ccccc1. The minimum Gasteiger partial charge on any atom is -0.483 e. The lowest BCUT2D eigenvalue weighted by Crippen LogP contribution is -2.42. The summed E-state index contributed by atoms with van der Waals surface area (Å²) < 4.78 is 7.17. The summed E-state index contributed by atoms with van der Waals surface area (Å²) in [5, 5.41) is 5.96. The van der Waals surface area contributed by atoms with Crippen LogP contribution in [0.15, 0.2) is 57.5 Å². The van der Waals surface area contributed by atoms with E-state index in [2.05, 4.69) is 42.5 Å². The molecular weight excluding hydrogens is 456 g/mol. The van der Waals surface area contributed by atoms with E-state index in [-0.39, 0.29) is 23.7 Å². The molecule has 1 amide bonds. The Hall–Kier alpha value is -1.44. The van der Waals surface area contributed by atoms with Gasteiger partial charge in [-0.2, -0.15) is 0 Å². The highest BCUT2D eigenvalue weighted by atomic mass is 79.9. The van der Waals surface area contributed by atoms with Crippen LogP contribution >= 0.6 is 44.1 Å². The summed E-state index contributed by atoms with van der Waals surface area (Å²) in [5.74, 6) is 0.271. The van der Waals surface area contributed by atoms with Crippen LogP contribution in [0.25, 0.3) is 0 Å². The molecule has 0 aliphatic carbocycles. The highest BCUT2D eigenvalue weighted by Gasteiger charge is 2.10. The second-order valence-electron chi connectivity index (χ2n) is 5.02. The Bertz CT molecular complexity index is 726. The lowest BCUT2D eigenvalue weighted by atomic mass is 10.1. The van der Waals surface area contributed by atoms with Crippen molar-refractivity contribution in [2.75, 3.05) is 6.61 Å². The fraction of sp³-hybridized carbons (Fsp3) is 0.176. The zero-order valence-corrected chi connectivity index (χ0v) is 16.9. The summed E-state index contributed by atoms with van der Waals surface area (Å²) in [6.07, 6.45) is 0. The third-order valence-corrected chi connectivity index (χ3v) is 4.49. The molecule has 126 valence electrons. The molecule has 24 heavy (non-hydrogen) atoms. The summed E-state index contributed by atoms with van der Waals surface area (Å²) in [5.41, 5.74) is 1.09. The molecule has 0 saturated heterocycles. The molecule has 1 unspecified atom stereocenters. The van der Waals surface area contributed by atoms with Gasteiger partial charge in [0.25, 0.3) is 5.91 Å². The first-order valence-corrected chi connectivity index (χ1v) is 9.18. The van der Waals surface area contributed by atoms with Crippen molar-refractivity contribution in [1.82, 2.24) is 10.6 Å². The van der Waals surface area contributed by atoms with E-state index >= 15 is 0 Å². The van der Waals surface area contributed by atoms with Crippen molar-refractivity contribution >= 4 is 55.1 Å². The van der Waals surface area contributed by atoms with Gasteiger partial charge in [-0.15, -0.1) is 0 Å². The summed E-state index contributed by atoms with van der Waals surface area (Å²) >= 11 is 11.9. The van der Waals surface area contributed by atoms with Gasteiger partial charge in [-0.3, -0.25) is 4.79 Å². The Balaban J connectivity index is 1.80. The number of hydrogen-bond donors (Lipinski definition) is 2. The monoisotopic (exact) mass is 470 g/mol. The van der Waals surface area contributed by atoms with Crippen LogP contribution in [0.1, 0.15) is 18.5 Å². The van der Waals surface area contributed by atoms with Crippen LogP contribution in [0.4, 0.5) is 0 Å². The van der Waals surface area contributed by atoms with Gasteiger partial charge in [-0.25, -0.2) is 0 Å². The molecule has 0 aliphatic rings. The van der Waals surface area contributed by atoms with Crippen LogP contribution < -0.4 is 15.4 Å². The Morgan fingerprint density at radius 2 is 1.92 bits per heavy atom. The summed E-state index contributed by atoms with van der Waals surface area (Å²) in [7, 11) is 0. The van der Waals surface area contributed by atoms with Crippen molar-refractivity contribution in [3.8, 4) is 5.75 Å². The number of carbonyl (C=O) groups is 1. The number of benzene rings is 2. The normalized spacial score (nSPS) is 11.5. The van der Waals surface area contributed by atoms with Crippen LogP contribution in [-0.2, 0) is 4.79 Å². The maximum atomic E-state index is 11.9. The van der Waals surface area contributed by atoms with Gasteiger partial charge in [-0.05, 0) is 58.8 Å². The Kier molecular flexibility index (Phi) is 7.20. The second kappa shape index (κ2) is 9.15.